The van der Waals surface area contributed by atoms with Gasteiger partial charge in [0.1, 0.15) is 12.0 Å². The van der Waals surface area contributed by atoms with E-state index in [2.05, 4.69) is 0 Å². The molecule has 0 radical (unpaired) electrons. The molecular formula is C23H16ClN3O2. The van der Waals surface area contributed by atoms with Gasteiger partial charge in [0, 0.05) is 5.02 Å². The standard InChI is InChI=1S/C23H16ClN3O2/c24-16-13-11-15(12-14-16)20-19-21(27(25-20)18-9-5-2-6-10-18)23(29)26(22(19)28)17-7-3-1-4-8-17/h1-14,19,21H/t19-,21+/m0/s1. The normalized spacial score (nSPS) is 20.8. The van der Waals surface area contributed by atoms with Crippen LogP contribution in [0.25, 0.3) is 0 Å². The molecule has 1 saturated heterocycles. The van der Waals surface area contributed by atoms with Gasteiger partial charge in [0.05, 0.1) is 17.1 Å². The molecule has 2 aliphatic heterocycles. The van der Waals surface area contributed by atoms with Gasteiger partial charge in [-0.25, -0.2) is 4.90 Å². The molecule has 2 heterocycles. The van der Waals surface area contributed by atoms with E-state index in [0.717, 1.165) is 11.3 Å². The molecule has 5 rings (SSSR count). The number of nitrogens with zero attached hydrogens (tertiary/aromatic N) is 3. The molecule has 6 heteroatoms. The molecule has 0 aromatic heterocycles. The molecule has 1 fully saturated rings. The molecule has 0 unspecified atom stereocenters. The van der Waals surface area contributed by atoms with Crippen molar-refractivity contribution in [2.75, 3.05) is 9.91 Å². The van der Waals surface area contributed by atoms with Crippen molar-refractivity contribution in [3.63, 3.8) is 0 Å². The van der Waals surface area contributed by atoms with Crippen LogP contribution < -0.4 is 9.91 Å². The fourth-order valence-corrected chi connectivity index (χ4v) is 4.02. The molecule has 0 N–H and O–H groups in total. The Bertz CT molecular complexity index is 1110. The third kappa shape index (κ3) is 2.82. The van der Waals surface area contributed by atoms with Crippen LogP contribution in [0.4, 0.5) is 11.4 Å². The fraction of sp³-hybridized carbons (Fsp3) is 0.0870. The first-order valence-corrected chi connectivity index (χ1v) is 9.64. The highest BCUT2D eigenvalue weighted by molar-refractivity contribution is 6.34. The monoisotopic (exact) mass is 401 g/mol. The second-order valence-corrected chi connectivity index (χ2v) is 7.38. The van der Waals surface area contributed by atoms with Gasteiger partial charge in [-0.3, -0.25) is 14.6 Å². The van der Waals surface area contributed by atoms with Crippen LogP contribution in [0.3, 0.4) is 0 Å². The lowest BCUT2D eigenvalue weighted by atomic mass is 9.93. The number of hydrogen-bond acceptors (Lipinski definition) is 4. The van der Waals surface area contributed by atoms with Crippen LogP contribution in [-0.4, -0.2) is 23.6 Å². The Morgan fingerprint density at radius 1 is 0.724 bits per heavy atom. The first-order chi connectivity index (χ1) is 14.1. The van der Waals surface area contributed by atoms with Gasteiger partial charge >= 0.3 is 0 Å². The highest BCUT2D eigenvalue weighted by Gasteiger charge is 2.57. The maximum Gasteiger partial charge on any atom is 0.259 e. The second kappa shape index (κ2) is 6.87. The smallest absolute Gasteiger partial charge is 0.259 e. The van der Waals surface area contributed by atoms with E-state index in [4.69, 9.17) is 16.7 Å². The molecule has 0 spiro atoms. The Balaban J connectivity index is 1.64. The van der Waals surface area contributed by atoms with E-state index in [-0.39, 0.29) is 11.8 Å². The van der Waals surface area contributed by atoms with E-state index in [1.165, 1.54) is 4.90 Å². The zero-order valence-electron chi connectivity index (χ0n) is 15.3. The van der Waals surface area contributed by atoms with E-state index >= 15 is 0 Å². The predicted molar refractivity (Wildman–Crippen MR) is 113 cm³/mol. The number of rotatable bonds is 3. The molecule has 3 aromatic carbocycles. The molecule has 2 aliphatic rings. The molecule has 2 atom stereocenters. The lowest BCUT2D eigenvalue weighted by Crippen LogP contribution is -2.39. The van der Waals surface area contributed by atoms with Crippen LogP contribution in [-0.2, 0) is 9.59 Å². The van der Waals surface area contributed by atoms with Crippen LogP contribution >= 0.6 is 11.6 Å². The topological polar surface area (TPSA) is 53.0 Å². The summed E-state index contributed by atoms with van der Waals surface area (Å²) in [6.45, 7) is 0. The average Bonchev–Trinajstić information content (AvgIpc) is 3.27. The second-order valence-electron chi connectivity index (χ2n) is 6.94. The Labute approximate surface area is 172 Å². The lowest BCUT2D eigenvalue weighted by Gasteiger charge is -2.22. The quantitative estimate of drug-likeness (QED) is 0.620. The molecule has 0 aliphatic carbocycles. The maximum absolute atomic E-state index is 13.4. The SMILES string of the molecule is O=C1[C@H]2C(c3ccc(Cl)cc3)=NN(c3ccccc3)[C@H]2C(=O)N1c1ccccc1. The number of imide groups is 1. The Morgan fingerprint density at radius 2 is 1.31 bits per heavy atom. The van der Waals surface area contributed by atoms with Crippen molar-refractivity contribution in [3.05, 3.63) is 95.5 Å². The van der Waals surface area contributed by atoms with Crippen molar-refractivity contribution in [2.24, 2.45) is 11.0 Å². The number of para-hydroxylation sites is 2. The first kappa shape index (κ1) is 17.6. The predicted octanol–water partition coefficient (Wildman–Crippen LogP) is 4.12. The van der Waals surface area contributed by atoms with Crippen LogP contribution in [0.15, 0.2) is 90.0 Å². The number of hydrazone groups is 1. The summed E-state index contributed by atoms with van der Waals surface area (Å²) in [5.74, 6) is -1.22. The minimum Gasteiger partial charge on any atom is -0.273 e. The van der Waals surface area contributed by atoms with E-state index in [1.807, 2.05) is 60.7 Å². The van der Waals surface area contributed by atoms with Crippen molar-refractivity contribution in [2.45, 2.75) is 6.04 Å². The van der Waals surface area contributed by atoms with E-state index in [1.54, 1.807) is 29.3 Å². The fourth-order valence-electron chi connectivity index (χ4n) is 3.90. The summed E-state index contributed by atoms with van der Waals surface area (Å²) in [6, 6.07) is 24.9. The minimum atomic E-state index is -0.712. The van der Waals surface area contributed by atoms with Gasteiger partial charge in [0.25, 0.3) is 5.91 Å². The third-order valence-electron chi connectivity index (χ3n) is 5.22. The number of carbonyl (C=O) groups excluding carboxylic acids is 2. The van der Waals surface area contributed by atoms with Crippen LogP contribution in [0.2, 0.25) is 5.02 Å². The van der Waals surface area contributed by atoms with Gasteiger partial charge in [0.15, 0.2) is 0 Å². The molecule has 2 amide bonds. The number of carbonyl (C=O) groups is 2. The molecule has 3 aromatic rings. The summed E-state index contributed by atoms with van der Waals surface area (Å²) in [5, 5.41) is 6.98. The number of anilines is 2. The number of fused-ring (bicyclic) bond motifs is 1. The van der Waals surface area contributed by atoms with Crippen molar-refractivity contribution in [1.29, 1.82) is 0 Å². The molecular weight excluding hydrogens is 386 g/mol. The molecule has 29 heavy (non-hydrogen) atoms. The highest BCUT2D eigenvalue weighted by atomic mass is 35.5. The zero-order chi connectivity index (χ0) is 20.0. The average molecular weight is 402 g/mol. The van der Waals surface area contributed by atoms with Gasteiger partial charge < -0.3 is 0 Å². The molecule has 142 valence electrons. The summed E-state index contributed by atoms with van der Waals surface area (Å²) in [4.78, 5) is 28.1. The van der Waals surface area contributed by atoms with Crippen molar-refractivity contribution < 1.29 is 9.59 Å². The summed E-state index contributed by atoms with van der Waals surface area (Å²) < 4.78 is 0. The maximum atomic E-state index is 13.4. The molecule has 0 saturated carbocycles. The van der Waals surface area contributed by atoms with Crippen LogP contribution in [0, 0.1) is 5.92 Å². The summed E-state index contributed by atoms with van der Waals surface area (Å²) in [7, 11) is 0. The van der Waals surface area contributed by atoms with Gasteiger partial charge in [-0.15, -0.1) is 0 Å². The Hall–Kier alpha value is -3.44. The molecule has 5 nitrogen and oxygen atoms in total. The third-order valence-corrected chi connectivity index (χ3v) is 5.48. The largest absolute Gasteiger partial charge is 0.273 e. The lowest BCUT2D eigenvalue weighted by molar-refractivity contribution is -0.121. The minimum absolute atomic E-state index is 0.265. The van der Waals surface area contributed by atoms with E-state index in [0.29, 0.717) is 16.4 Å². The number of benzene rings is 3. The van der Waals surface area contributed by atoms with Gasteiger partial charge in [-0.05, 0) is 42.0 Å². The molecule has 0 bridgehead atoms. The zero-order valence-corrected chi connectivity index (χ0v) is 16.0. The highest BCUT2D eigenvalue weighted by Crippen LogP contribution is 2.39. The summed E-state index contributed by atoms with van der Waals surface area (Å²) in [6.07, 6.45) is 0. The Kier molecular flexibility index (Phi) is 4.18. The first-order valence-electron chi connectivity index (χ1n) is 9.27. The van der Waals surface area contributed by atoms with E-state index < -0.39 is 12.0 Å². The number of hydrogen-bond donors (Lipinski definition) is 0. The van der Waals surface area contributed by atoms with Crippen molar-refractivity contribution in [3.8, 4) is 0 Å². The van der Waals surface area contributed by atoms with Crippen molar-refractivity contribution in [1.82, 2.24) is 0 Å². The van der Waals surface area contributed by atoms with Crippen LogP contribution in [0.1, 0.15) is 5.56 Å². The Morgan fingerprint density at radius 3 is 1.93 bits per heavy atom. The van der Waals surface area contributed by atoms with Gasteiger partial charge in [0.2, 0.25) is 5.91 Å². The van der Waals surface area contributed by atoms with Crippen molar-refractivity contribution >= 4 is 40.5 Å². The van der Waals surface area contributed by atoms with Gasteiger partial charge in [-0.1, -0.05) is 60.1 Å². The summed E-state index contributed by atoms with van der Waals surface area (Å²) in [5.41, 5.74) is 2.69. The van der Waals surface area contributed by atoms with Gasteiger partial charge in [-0.2, -0.15) is 5.10 Å². The number of halogens is 1. The summed E-state index contributed by atoms with van der Waals surface area (Å²) >= 11 is 6.03. The number of amides is 2. The van der Waals surface area contributed by atoms with E-state index in [9.17, 15) is 9.59 Å². The van der Waals surface area contributed by atoms with Crippen LogP contribution in [0.5, 0.6) is 0 Å².